The van der Waals surface area contributed by atoms with Gasteiger partial charge in [-0.3, -0.25) is 9.36 Å². The summed E-state index contributed by atoms with van der Waals surface area (Å²) >= 11 is 0. The Hall–Kier alpha value is -1.65. The van der Waals surface area contributed by atoms with Gasteiger partial charge in [-0.2, -0.15) is 4.98 Å². The van der Waals surface area contributed by atoms with Crippen LogP contribution in [0.2, 0.25) is 0 Å². The molecule has 0 radical (unpaired) electrons. The topological polar surface area (TPSA) is 72.2 Å². The average molecular weight is 278 g/mol. The van der Waals surface area contributed by atoms with Crippen LogP contribution in [-0.4, -0.2) is 20.6 Å². The quantitative estimate of drug-likeness (QED) is 0.913. The Morgan fingerprint density at radius 2 is 2.10 bits per heavy atom. The van der Waals surface area contributed by atoms with Gasteiger partial charge >= 0.3 is 11.7 Å². The highest BCUT2D eigenvalue weighted by Gasteiger charge is 2.25. The van der Waals surface area contributed by atoms with E-state index in [0.717, 1.165) is 12.1 Å². The van der Waals surface area contributed by atoms with Gasteiger partial charge in [0, 0.05) is 23.5 Å². The second-order valence-corrected chi connectivity index (χ2v) is 5.89. The Morgan fingerprint density at radius 3 is 2.65 bits per heavy atom. The number of carboxylic acids is 1. The van der Waals surface area contributed by atoms with Crippen molar-refractivity contribution in [2.24, 2.45) is 11.8 Å². The lowest BCUT2D eigenvalue weighted by Gasteiger charge is -2.20. The number of carbonyl (C=O) groups is 1. The number of nitrogens with zero attached hydrogens (tertiary/aromatic N) is 2. The van der Waals surface area contributed by atoms with Gasteiger partial charge in [0.15, 0.2) is 0 Å². The van der Waals surface area contributed by atoms with Crippen LogP contribution in [0.25, 0.3) is 0 Å². The SMILES string of the molecule is Cc1nc(=O)n(CC2CCCC2C)c(C)c1CC(=O)O. The van der Waals surface area contributed by atoms with Crippen molar-refractivity contribution in [3.8, 4) is 0 Å². The molecule has 1 heterocycles. The number of hydrogen-bond acceptors (Lipinski definition) is 3. The van der Waals surface area contributed by atoms with Gasteiger partial charge in [-0.05, 0) is 32.1 Å². The highest BCUT2D eigenvalue weighted by Crippen LogP contribution is 2.32. The lowest BCUT2D eigenvalue weighted by Crippen LogP contribution is -2.31. The molecule has 110 valence electrons. The molecular formula is C15H22N2O3. The van der Waals surface area contributed by atoms with Crippen molar-refractivity contribution >= 4 is 5.97 Å². The molecule has 2 unspecified atom stereocenters. The molecule has 1 aromatic heterocycles. The molecule has 20 heavy (non-hydrogen) atoms. The Balaban J connectivity index is 2.37. The number of carboxylic acid groups (broad SMARTS) is 1. The predicted molar refractivity (Wildman–Crippen MR) is 75.8 cm³/mol. The molecule has 1 saturated carbocycles. The maximum atomic E-state index is 12.1. The van der Waals surface area contributed by atoms with Gasteiger partial charge in [0.25, 0.3) is 0 Å². The first kappa shape index (κ1) is 14.8. The first-order valence-corrected chi connectivity index (χ1v) is 7.19. The van der Waals surface area contributed by atoms with Crippen LogP contribution in [0, 0.1) is 25.7 Å². The summed E-state index contributed by atoms with van der Waals surface area (Å²) in [6.07, 6.45) is 3.47. The first-order valence-electron chi connectivity index (χ1n) is 7.19. The summed E-state index contributed by atoms with van der Waals surface area (Å²) < 4.78 is 1.66. The number of rotatable bonds is 4. The van der Waals surface area contributed by atoms with E-state index in [9.17, 15) is 9.59 Å². The van der Waals surface area contributed by atoms with Crippen molar-refractivity contribution in [1.29, 1.82) is 0 Å². The van der Waals surface area contributed by atoms with Crippen molar-refractivity contribution in [1.82, 2.24) is 9.55 Å². The Morgan fingerprint density at radius 1 is 1.40 bits per heavy atom. The van der Waals surface area contributed by atoms with Crippen molar-refractivity contribution in [3.05, 3.63) is 27.4 Å². The molecule has 1 fully saturated rings. The van der Waals surface area contributed by atoms with Crippen LogP contribution in [-0.2, 0) is 17.8 Å². The van der Waals surface area contributed by atoms with Crippen LogP contribution in [0.4, 0.5) is 0 Å². The second-order valence-electron chi connectivity index (χ2n) is 5.89. The van der Waals surface area contributed by atoms with Crippen LogP contribution in [0.5, 0.6) is 0 Å². The van der Waals surface area contributed by atoms with E-state index in [1.807, 2.05) is 6.92 Å². The van der Waals surface area contributed by atoms with Crippen LogP contribution >= 0.6 is 0 Å². The third-order valence-electron chi connectivity index (χ3n) is 4.56. The molecule has 1 aliphatic rings. The second kappa shape index (κ2) is 5.77. The standard InChI is InChI=1S/C15H22N2O3/c1-9-5-4-6-12(9)8-17-11(3)13(7-14(18)19)10(2)16-15(17)20/h9,12H,4-8H2,1-3H3,(H,18,19). The minimum atomic E-state index is -0.891. The van der Waals surface area contributed by atoms with Crippen LogP contribution in [0.15, 0.2) is 4.79 Å². The molecule has 0 amide bonds. The van der Waals surface area contributed by atoms with Crippen LogP contribution in [0.1, 0.15) is 43.1 Å². The van der Waals surface area contributed by atoms with Gasteiger partial charge in [-0.1, -0.05) is 19.8 Å². The molecule has 0 aromatic carbocycles. The fraction of sp³-hybridized carbons (Fsp3) is 0.667. The van der Waals surface area contributed by atoms with E-state index >= 15 is 0 Å². The van der Waals surface area contributed by atoms with Gasteiger partial charge in [0.05, 0.1) is 6.42 Å². The summed E-state index contributed by atoms with van der Waals surface area (Å²) in [5, 5.41) is 8.99. The predicted octanol–water partition coefficient (Wildman–Crippen LogP) is 1.92. The number of aliphatic carboxylic acids is 1. The van der Waals surface area contributed by atoms with E-state index in [1.54, 1.807) is 11.5 Å². The number of hydrogen-bond donors (Lipinski definition) is 1. The van der Waals surface area contributed by atoms with Crippen molar-refractivity contribution < 1.29 is 9.90 Å². The lowest BCUT2D eigenvalue weighted by atomic mass is 9.97. The first-order chi connectivity index (χ1) is 9.40. The van der Waals surface area contributed by atoms with E-state index in [0.29, 0.717) is 29.6 Å². The largest absolute Gasteiger partial charge is 0.481 e. The average Bonchev–Trinajstić information content (AvgIpc) is 2.75. The van der Waals surface area contributed by atoms with E-state index in [4.69, 9.17) is 5.11 Å². The minimum absolute atomic E-state index is 0.0782. The number of aromatic nitrogens is 2. The fourth-order valence-corrected chi connectivity index (χ4v) is 3.19. The molecule has 2 atom stereocenters. The summed E-state index contributed by atoms with van der Waals surface area (Å²) in [5.41, 5.74) is 1.70. The normalized spacial score (nSPS) is 22.1. The molecule has 1 aromatic rings. The zero-order valence-corrected chi connectivity index (χ0v) is 12.3. The summed E-state index contributed by atoms with van der Waals surface area (Å²) in [6.45, 7) is 6.41. The third-order valence-corrected chi connectivity index (χ3v) is 4.56. The minimum Gasteiger partial charge on any atom is -0.481 e. The molecule has 0 spiro atoms. The van der Waals surface area contributed by atoms with Crippen LogP contribution < -0.4 is 5.69 Å². The molecule has 0 aliphatic heterocycles. The molecule has 5 nitrogen and oxygen atoms in total. The van der Waals surface area contributed by atoms with Gasteiger partial charge in [-0.15, -0.1) is 0 Å². The van der Waals surface area contributed by atoms with Crippen molar-refractivity contribution in [3.63, 3.8) is 0 Å². The fourth-order valence-electron chi connectivity index (χ4n) is 3.19. The Bertz CT molecular complexity index is 577. The lowest BCUT2D eigenvalue weighted by molar-refractivity contribution is -0.136. The molecule has 0 bridgehead atoms. The highest BCUT2D eigenvalue weighted by atomic mass is 16.4. The van der Waals surface area contributed by atoms with Crippen molar-refractivity contribution in [2.75, 3.05) is 0 Å². The molecule has 1 N–H and O–H groups in total. The monoisotopic (exact) mass is 278 g/mol. The van der Waals surface area contributed by atoms with E-state index in [1.165, 1.54) is 12.8 Å². The Kier molecular flexibility index (Phi) is 4.26. The zero-order chi connectivity index (χ0) is 14.9. The van der Waals surface area contributed by atoms with Gasteiger partial charge in [-0.25, -0.2) is 4.79 Å². The molecule has 1 aliphatic carbocycles. The van der Waals surface area contributed by atoms with Crippen LogP contribution in [0.3, 0.4) is 0 Å². The van der Waals surface area contributed by atoms with Gasteiger partial charge in [0.1, 0.15) is 0 Å². The third kappa shape index (κ3) is 2.92. The van der Waals surface area contributed by atoms with E-state index in [-0.39, 0.29) is 12.1 Å². The highest BCUT2D eigenvalue weighted by molar-refractivity contribution is 5.70. The summed E-state index contributed by atoms with van der Waals surface area (Å²) in [4.78, 5) is 27.0. The summed E-state index contributed by atoms with van der Waals surface area (Å²) in [5.74, 6) is 0.219. The smallest absolute Gasteiger partial charge is 0.347 e. The van der Waals surface area contributed by atoms with Gasteiger partial charge in [0.2, 0.25) is 0 Å². The van der Waals surface area contributed by atoms with Crippen molar-refractivity contribution in [2.45, 2.75) is 53.0 Å². The maximum Gasteiger partial charge on any atom is 0.347 e. The molecule has 2 rings (SSSR count). The maximum absolute atomic E-state index is 12.1. The number of aryl methyl sites for hydroxylation is 1. The van der Waals surface area contributed by atoms with E-state index < -0.39 is 5.97 Å². The molecular weight excluding hydrogens is 256 g/mol. The molecule has 5 heteroatoms. The summed E-state index contributed by atoms with van der Waals surface area (Å²) in [7, 11) is 0. The van der Waals surface area contributed by atoms with Gasteiger partial charge < -0.3 is 5.11 Å². The van der Waals surface area contributed by atoms with E-state index in [2.05, 4.69) is 11.9 Å². The molecule has 0 saturated heterocycles. The zero-order valence-electron chi connectivity index (χ0n) is 12.3. The Labute approximate surface area is 118 Å². The summed E-state index contributed by atoms with van der Waals surface area (Å²) in [6, 6.07) is 0.